The van der Waals surface area contributed by atoms with Crippen LogP contribution in [-0.2, 0) is 4.89 Å². The van der Waals surface area contributed by atoms with Crippen LogP contribution in [0, 0.1) is 0 Å². The van der Waals surface area contributed by atoms with Gasteiger partial charge in [-0.1, -0.05) is 55.5 Å². The van der Waals surface area contributed by atoms with Crippen LogP contribution in [0.3, 0.4) is 0 Å². The molecule has 0 aromatic heterocycles. The predicted octanol–water partition coefficient (Wildman–Crippen LogP) is 3.47. The Labute approximate surface area is 106 Å². The highest BCUT2D eigenvalue weighted by molar-refractivity contribution is 5.91. The van der Waals surface area contributed by atoms with Crippen molar-refractivity contribution in [3.05, 3.63) is 71.3 Å². The third-order valence-electron chi connectivity index (χ3n) is 3.03. The number of carbonyl (C=O) groups is 1. The highest BCUT2D eigenvalue weighted by Crippen LogP contribution is 2.27. The first kappa shape index (κ1) is 12.3. The first-order chi connectivity index (χ1) is 8.74. The van der Waals surface area contributed by atoms with Gasteiger partial charge in [0.2, 0.25) is 0 Å². The fourth-order valence-electron chi connectivity index (χ4n) is 2.03. The first-order valence-electron chi connectivity index (χ1n) is 5.73. The van der Waals surface area contributed by atoms with Crippen LogP contribution in [0.2, 0.25) is 0 Å². The minimum atomic E-state index is -0.728. The van der Waals surface area contributed by atoms with E-state index >= 15 is 0 Å². The molecule has 2 aromatic carbocycles. The molecule has 1 N–H and O–H groups in total. The fourth-order valence-corrected chi connectivity index (χ4v) is 2.03. The summed E-state index contributed by atoms with van der Waals surface area (Å²) in [7, 11) is 0. The zero-order valence-electron chi connectivity index (χ0n) is 10.0. The van der Waals surface area contributed by atoms with Gasteiger partial charge < -0.3 is 0 Å². The molecule has 92 valence electrons. The van der Waals surface area contributed by atoms with E-state index in [1.54, 1.807) is 12.1 Å². The average Bonchev–Trinajstić information content (AvgIpc) is 2.46. The Bertz CT molecular complexity index is 534. The zero-order chi connectivity index (χ0) is 13.0. The average molecular weight is 242 g/mol. The second-order valence-corrected chi connectivity index (χ2v) is 4.10. The van der Waals surface area contributed by atoms with Crippen LogP contribution in [0.5, 0.6) is 0 Å². The SMILES string of the molecule is CC(c1ccccc1)c1ccccc1C(=O)OO. The van der Waals surface area contributed by atoms with Gasteiger partial charge in [0, 0.05) is 5.92 Å². The van der Waals surface area contributed by atoms with E-state index in [-0.39, 0.29) is 5.92 Å². The minimum absolute atomic E-state index is 0.0569. The number of rotatable bonds is 3. The summed E-state index contributed by atoms with van der Waals surface area (Å²) in [5.41, 5.74) is 2.33. The van der Waals surface area contributed by atoms with Gasteiger partial charge in [0.25, 0.3) is 0 Å². The van der Waals surface area contributed by atoms with Gasteiger partial charge in [0.05, 0.1) is 5.56 Å². The van der Waals surface area contributed by atoms with Gasteiger partial charge in [-0.05, 0) is 17.2 Å². The van der Waals surface area contributed by atoms with Gasteiger partial charge in [-0.25, -0.2) is 4.79 Å². The third kappa shape index (κ3) is 2.41. The molecule has 3 nitrogen and oxygen atoms in total. The normalized spacial score (nSPS) is 11.9. The molecule has 18 heavy (non-hydrogen) atoms. The molecule has 0 saturated heterocycles. The highest BCUT2D eigenvalue weighted by Gasteiger charge is 2.17. The molecule has 0 radical (unpaired) electrons. The summed E-state index contributed by atoms with van der Waals surface area (Å²) in [4.78, 5) is 15.3. The molecule has 0 spiro atoms. The number of hydrogen-bond acceptors (Lipinski definition) is 3. The lowest BCUT2D eigenvalue weighted by atomic mass is 9.90. The van der Waals surface area contributed by atoms with E-state index in [0.29, 0.717) is 5.56 Å². The maximum Gasteiger partial charge on any atom is 0.373 e. The molecule has 2 aromatic rings. The van der Waals surface area contributed by atoms with Crippen molar-refractivity contribution in [3.8, 4) is 0 Å². The molecule has 3 heteroatoms. The number of hydrogen-bond donors (Lipinski definition) is 1. The van der Waals surface area contributed by atoms with Gasteiger partial charge in [0.15, 0.2) is 0 Å². The molecule has 0 heterocycles. The largest absolute Gasteiger partial charge is 0.373 e. The van der Waals surface area contributed by atoms with E-state index in [1.807, 2.05) is 49.4 Å². The van der Waals surface area contributed by atoms with E-state index in [4.69, 9.17) is 5.26 Å². The lowest BCUT2D eigenvalue weighted by Crippen LogP contribution is -2.08. The van der Waals surface area contributed by atoms with Crippen LogP contribution < -0.4 is 0 Å². The Hall–Kier alpha value is -2.13. The summed E-state index contributed by atoms with van der Waals surface area (Å²) >= 11 is 0. The van der Waals surface area contributed by atoms with Gasteiger partial charge in [0.1, 0.15) is 0 Å². The molecule has 0 saturated carbocycles. The van der Waals surface area contributed by atoms with Gasteiger partial charge in [-0.15, -0.1) is 0 Å². The molecule has 0 amide bonds. The van der Waals surface area contributed by atoms with Crippen molar-refractivity contribution in [3.63, 3.8) is 0 Å². The Morgan fingerprint density at radius 3 is 2.33 bits per heavy atom. The zero-order valence-corrected chi connectivity index (χ0v) is 10.0. The summed E-state index contributed by atoms with van der Waals surface area (Å²) in [6.07, 6.45) is 0. The monoisotopic (exact) mass is 242 g/mol. The minimum Gasteiger partial charge on any atom is -0.295 e. The van der Waals surface area contributed by atoms with E-state index in [9.17, 15) is 4.79 Å². The van der Waals surface area contributed by atoms with Crippen LogP contribution in [0.25, 0.3) is 0 Å². The van der Waals surface area contributed by atoms with Gasteiger partial charge in [-0.3, -0.25) is 4.89 Å². The van der Waals surface area contributed by atoms with Crippen molar-refractivity contribution >= 4 is 5.97 Å². The number of carbonyl (C=O) groups excluding carboxylic acids is 1. The first-order valence-corrected chi connectivity index (χ1v) is 5.73. The molecule has 0 aliphatic carbocycles. The molecule has 0 aliphatic heterocycles. The standard InChI is InChI=1S/C15H14O3/c1-11(12-7-3-2-4-8-12)13-9-5-6-10-14(13)15(16)18-17/h2-11,17H,1H3. The van der Waals surface area contributed by atoms with E-state index < -0.39 is 5.97 Å². The fraction of sp³-hybridized carbons (Fsp3) is 0.133. The topological polar surface area (TPSA) is 46.5 Å². The summed E-state index contributed by atoms with van der Waals surface area (Å²) in [6, 6.07) is 17.0. The molecular weight excluding hydrogens is 228 g/mol. The Morgan fingerprint density at radius 2 is 1.67 bits per heavy atom. The van der Waals surface area contributed by atoms with Crippen LogP contribution in [0.1, 0.15) is 34.3 Å². The van der Waals surface area contributed by atoms with E-state index in [0.717, 1.165) is 11.1 Å². The highest BCUT2D eigenvalue weighted by atomic mass is 17.1. The molecule has 1 atom stereocenters. The van der Waals surface area contributed by atoms with Crippen LogP contribution in [0.4, 0.5) is 0 Å². The van der Waals surface area contributed by atoms with Crippen LogP contribution in [-0.4, -0.2) is 11.2 Å². The smallest absolute Gasteiger partial charge is 0.295 e. The molecule has 1 unspecified atom stereocenters. The summed E-state index contributed by atoms with van der Waals surface area (Å²) in [5.74, 6) is -0.671. The van der Waals surface area contributed by atoms with Crippen LogP contribution >= 0.6 is 0 Å². The quantitative estimate of drug-likeness (QED) is 0.662. The van der Waals surface area contributed by atoms with Crippen LogP contribution in [0.15, 0.2) is 54.6 Å². The van der Waals surface area contributed by atoms with Crippen molar-refractivity contribution in [2.24, 2.45) is 0 Å². The molecular formula is C15H14O3. The van der Waals surface area contributed by atoms with Crippen molar-refractivity contribution in [1.29, 1.82) is 0 Å². The Morgan fingerprint density at radius 1 is 1.06 bits per heavy atom. The van der Waals surface area contributed by atoms with E-state index in [2.05, 4.69) is 4.89 Å². The van der Waals surface area contributed by atoms with Gasteiger partial charge in [-0.2, -0.15) is 5.26 Å². The second-order valence-electron chi connectivity index (χ2n) is 4.10. The third-order valence-corrected chi connectivity index (χ3v) is 3.03. The number of benzene rings is 2. The molecule has 0 aliphatic rings. The van der Waals surface area contributed by atoms with Crippen molar-refractivity contribution < 1.29 is 14.9 Å². The maximum atomic E-state index is 11.5. The van der Waals surface area contributed by atoms with Crippen molar-refractivity contribution in [2.75, 3.05) is 0 Å². The lowest BCUT2D eigenvalue weighted by molar-refractivity contribution is -0.182. The van der Waals surface area contributed by atoms with Gasteiger partial charge >= 0.3 is 5.97 Å². The summed E-state index contributed by atoms with van der Waals surface area (Å²) < 4.78 is 0. The molecule has 0 bridgehead atoms. The molecule has 0 fully saturated rings. The Kier molecular flexibility index (Phi) is 3.75. The molecule has 2 rings (SSSR count). The summed E-state index contributed by atoms with van der Waals surface area (Å²) in [6.45, 7) is 2.01. The predicted molar refractivity (Wildman–Crippen MR) is 68.4 cm³/mol. The maximum absolute atomic E-state index is 11.5. The Balaban J connectivity index is 2.42. The van der Waals surface area contributed by atoms with Crippen molar-refractivity contribution in [1.82, 2.24) is 0 Å². The van der Waals surface area contributed by atoms with Crippen molar-refractivity contribution in [2.45, 2.75) is 12.8 Å². The lowest BCUT2D eigenvalue weighted by Gasteiger charge is -2.15. The van der Waals surface area contributed by atoms with E-state index in [1.165, 1.54) is 0 Å². The second kappa shape index (κ2) is 5.47. The summed E-state index contributed by atoms with van der Waals surface area (Å²) in [5, 5.41) is 8.52.